The molecule has 1 aliphatic carbocycles. The van der Waals surface area contributed by atoms with E-state index < -0.39 is 0 Å². The van der Waals surface area contributed by atoms with E-state index in [1.807, 2.05) is 12.1 Å². The molecule has 1 fully saturated rings. The van der Waals surface area contributed by atoms with Crippen LogP contribution in [0.25, 0.3) is 0 Å². The van der Waals surface area contributed by atoms with Gasteiger partial charge in [0, 0.05) is 0 Å². The molecule has 2 unspecified atom stereocenters. The molecule has 0 radical (unpaired) electrons. The van der Waals surface area contributed by atoms with E-state index in [0.717, 1.165) is 24.2 Å². The predicted molar refractivity (Wildman–Crippen MR) is 76.7 cm³/mol. The van der Waals surface area contributed by atoms with Gasteiger partial charge in [-0.2, -0.15) is 0 Å². The Kier molecular flexibility index (Phi) is 3.81. The molecule has 3 heteroatoms. The lowest BCUT2D eigenvalue weighted by atomic mass is 9.76. The van der Waals surface area contributed by atoms with Crippen molar-refractivity contribution < 1.29 is 5.11 Å². The molecule has 2 rings (SSSR count). The highest BCUT2D eigenvalue weighted by Gasteiger charge is 2.34. The van der Waals surface area contributed by atoms with Crippen molar-refractivity contribution in [3.63, 3.8) is 0 Å². The summed E-state index contributed by atoms with van der Waals surface area (Å²) in [5, 5.41) is 13.3. The summed E-state index contributed by atoms with van der Waals surface area (Å²) < 4.78 is 0. The molecule has 0 aliphatic heterocycles. The number of aliphatic hydroxyl groups excluding tert-OH is 1. The summed E-state index contributed by atoms with van der Waals surface area (Å²) in [6.07, 6.45) is 4.45. The third-order valence-corrected chi connectivity index (χ3v) is 4.00. The summed E-state index contributed by atoms with van der Waals surface area (Å²) in [6.45, 7) is 4.48. The van der Waals surface area contributed by atoms with Crippen molar-refractivity contribution in [2.45, 2.75) is 45.1 Å². The highest BCUT2D eigenvalue weighted by molar-refractivity contribution is 5.68. The van der Waals surface area contributed by atoms with E-state index in [9.17, 15) is 5.11 Å². The summed E-state index contributed by atoms with van der Waals surface area (Å²) in [6, 6.07) is 6.00. The standard InChI is InChI=1S/C15H24N2O/c1-11-5-6-13(16)14(8-11)17-15(10-18)7-3-4-12(2)9-15/h5-6,8,12,17-18H,3-4,7,9-10,16H2,1-2H3. The van der Waals surface area contributed by atoms with E-state index in [4.69, 9.17) is 5.73 Å². The fourth-order valence-corrected chi connectivity index (χ4v) is 3.02. The highest BCUT2D eigenvalue weighted by Crippen LogP contribution is 2.36. The Morgan fingerprint density at radius 1 is 1.50 bits per heavy atom. The Morgan fingerprint density at radius 3 is 2.94 bits per heavy atom. The van der Waals surface area contributed by atoms with Crippen LogP contribution < -0.4 is 11.1 Å². The molecular weight excluding hydrogens is 224 g/mol. The zero-order valence-corrected chi connectivity index (χ0v) is 11.4. The summed E-state index contributed by atoms with van der Waals surface area (Å²) in [5.41, 5.74) is 8.71. The number of aliphatic hydroxyl groups is 1. The van der Waals surface area contributed by atoms with Crippen molar-refractivity contribution in [3.05, 3.63) is 23.8 Å². The van der Waals surface area contributed by atoms with Crippen LogP contribution in [-0.4, -0.2) is 17.3 Å². The molecule has 100 valence electrons. The molecule has 1 saturated carbocycles. The summed E-state index contributed by atoms with van der Waals surface area (Å²) in [7, 11) is 0. The van der Waals surface area contributed by atoms with E-state index in [0.29, 0.717) is 5.92 Å². The third-order valence-electron chi connectivity index (χ3n) is 4.00. The molecule has 1 aromatic rings. The van der Waals surface area contributed by atoms with Gasteiger partial charge in [0.1, 0.15) is 0 Å². The van der Waals surface area contributed by atoms with E-state index in [2.05, 4.69) is 25.2 Å². The Labute approximate surface area is 109 Å². The number of hydrogen-bond acceptors (Lipinski definition) is 3. The number of rotatable bonds is 3. The van der Waals surface area contributed by atoms with Crippen molar-refractivity contribution in [1.82, 2.24) is 0 Å². The molecule has 0 heterocycles. The average Bonchev–Trinajstić information content (AvgIpc) is 2.34. The zero-order chi connectivity index (χ0) is 13.2. The first-order chi connectivity index (χ1) is 8.54. The Morgan fingerprint density at radius 2 is 2.28 bits per heavy atom. The maximum absolute atomic E-state index is 9.78. The van der Waals surface area contributed by atoms with Gasteiger partial charge >= 0.3 is 0 Å². The molecule has 0 aromatic heterocycles. The van der Waals surface area contributed by atoms with Gasteiger partial charge in [-0.1, -0.05) is 25.8 Å². The monoisotopic (exact) mass is 248 g/mol. The number of anilines is 2. The van der Waals surface area contributed by atoms with Gasteiger partial charge in [-0.05, 0) is 43.4 Å². The zero-order valence-electron chi connectivity index (χ0n) is 11.4. The van der Waals surface area contributed by atoms with Crippen molar-refractivity contribution >= 4 is 11.4 Å². The van der Waals surface area contributed by atoms with Crippen molar-refractivity contribution in [2.75, 3.05) is 17.7 Å². The number of nitrogen functional groups attached to an aromatic ring is 1. The second-order valence-corrected chi connectivity index (χ2v) is 5.86. The van der Waals surface area contributed by atoms with Gasteiger partial charge in [-0.3, -0.25) is 0 Å². The first kappa shape index (κ1) is 13.2. The molecule has 1 aliphatic rings. The number of hydrogen-bond donors (Lipinski definition) is 3. The molecule has 0 amide bonds. The van der Waals surface area contributed by atoms with Gasteiger partial charge in [0.15, 0.2) is 0 Å². The SMILES string of the molecule is Cc1ccc(N)c(NC2(CO)CCCC(C)C2)c1. The minimum Gasteiger partial charge on any atom is -0.397 e. The van der Waals surface area contributed by atoms with Crippen LogP contribution >= 0.6 is 0 Å². The molecule has 4 N–H and O–H groups in total. The average molecular weight is 248 g/mol. The largest absolute Gasteiger partial charge is 0.397 e. The van der Waals surface area contributed by atoms with Gasteiger partial charge in [0.25, 0.3) is 0 Å². The summed E-state index contributed by atoms with van der Waals surface area (Å²) in [5.74, 6) is 0.657. The van der Waals surface area contributed by atoms with Crippen LogP contribution in [0.3, 0.4) is 0 Å². The second kappa shape index (κ2) is 5.19. The van der Waals surface area contributed by atoms with E-state index >= 15 is 0 Å². The van der Waals surface area contributed by atoms with Crippen LogP contribution in [0.15, 0.2) is 18.2 Å². The van der Waals surface area contributed by atoms with Crippen LogP contribution in [-0.2, 0) is 0 Å². The normalized spacial score (nSPS) is 28.1. The van der Waals surface area contributed by atoms with Crippen LogP contribution in [0.4, 0.5) is 11.4 Å². The van der Waals surface area contributed by atoms with Gasteiger partial charge in [0.2, 0.25) is 0 Å². The second-order valence-electron chi connectivity index (χ2n) is 5.86. The van der Waals surface area contributed by atoms with Gasteiger partial charge in [0.05, 0.1) is 23.5 Å². The predicted octanol–water partition coefficient (Wildman–Crippen LogP) is 2.93. The first-order valence-corrected chi connectivity index (χ1v) is 6.80. The topological polar surface area (TPSA) is 58.3 Å². The van der Waals surface area contributed by atoms with Crippen molar-refractivity contribution in [2.24, 2.45) is 5.92 Å². The molecule has 1 aromatic carbocycles. The van der Waals surface area contributed by atoms with Crippen LogP contribution in [0.1, 0.15) is 38.2 Å². The maximum Gasteiger partial charge on any atom is 0.0661 e. The molecular formula is C15H24N2O. The molecule has 3 nitrogen and oxygen atoms in total. The van der Waals surface area contributed by atoms with Crippen LogP contribution in [0.2, 0.25) is 0 Å². The Hall–Kier alpha value is -1.22. The fourth-order valence-electron chi connectivity index (χ4n) is 3.02. The van der Waals surface area contributed by atoms with Gasteiger partial charge < -0.3 is 16.2 Å². The summed E-state index contributed by atoms with van der Waals surface area (Å²) >= 11 is 0. The lowest BCUT2D eigenvalue weighted by molar-refractivity contribution is 0.149. The summed E-state index contributed by atoms with van der Waals surface area (Å²) in [4.78, 5) is 0. The molecule has 2 atom stereocenters. The Balaban J connectivity index is 2.21. The minimum absolute atomic E-state index is 0.171. The van der Waals surface area contributed by atoms with E-state index in [1.165, 1.54) is 18.4 Å². The molecule has 0 bridgehead atoms. The quantitative estimate of drug-likeness (QED) is 0.721. The van der Waals surface area contributed by atoms with Gasteiger partial charge in [-0.15, -0.1) is 0 Å². The molecule has 18 heavy (non-hydrogen) atoms. The van der Waals surface area contributed by atoms with Crippen LogP contribution in [0, 0.1) is 12.8 Å². The highest BCUT2D eigenvalue weighted by atomic mass is 16.3. The maximum atomic E-state index is 9.78. The van der Waals surface area contributed by atoms with Crippen molar-refractivity contribution in [3.8, 4) is 0 Å². The molecule has 0 spiro atoms. The Bertz CT molecular complexity index is 419. The minimum atomic E-state index is -0.195. The fraction of sp³-hybridized carbons (Fsp3) is 0.600. The lowest BCUT2D eigenvalue weighted by Crippen LogP contribution is -2.46. The number of nitrogens with two attached hydrogens (primary N) is 1. The number of benzene rings is 1. The number of nitrogens with one attached hydrogen (secondary N) is 1. The van der Waals surface area contributed by atoms with Gasteiger partial charge in [-0.25, -0.2) is 0 Å². The van der Waals surface area contributed by atoms with Crippen molar-refractivity contribution in [1.29, 1.82) is 0 Å². The lowest BCUT2D eigenvalue weighted by Gasteiger charge is -2.40. The first-order valence-electron chi connectivity index (χ1n) is 6.80. The van der Waals surface area contributed by atoms with E-state index in [1.54, 1.807) is 0 Å². The van der Waals surface area contributed by atoms with Crippen LogP contribution in [0.5, 0.6) is 0 Å². The number of aryl methyl sites for hydroxylation is 1. The smallest absolute Gasteiger partial charge is 0.0661 e. The molecule has 0 saturated heterocycles. The van der Waals surface area contributed by atoms with E-state index in [-0.39, 0.29) is 12.1 Å². The third kappa shape index (κ3) is 2.78.